The molecule has 0 fully saturated rings. The average Bonchev–Trinajstić information content (AvgIpc) is 2.88. The normalized spacial score (nSPS) is 10.9. The lowest BCUT2D eigenvalue weighted by Gasteiger charge is -2.10. The third kappa shape index (κ3) is 8.82. The summed E-state index contributed by atoms with van der Waals surface area (Å²) in [7, 11) is 1.69. The van der Waals surface area contributed by atoms with Crippen LogP contribution in [0.15, 0.2) is 23.7 Å². The van der Waals surface area contributed by atoms with Gasteiger partial charge in [-0.2, -0.15) is 0 Å². The summed E-state index contributed by atoms with van der Waals surface area (Å²) in [5, 5.41) is 6.41. The van der Waals surface area contributed by atoms with Gasteiger partial charge in [-0.25, -0.2) is 4.98 Å². The van der Waals surface area contributed by atoms with E-state index in [1.54, 1.807) is 13.3 Å². The Morgan fingerprint density at radius 2 is 2.26 bits per heavy atom. The number of nitrogens with one attached hydrogen (secondary N) is 2. The Hall–Kier alpha value is -0.830. The van der Waals surface area contributed by atoms with Crippen molar-refractivity contribution in [3.8, 4) is 0 Å². The van der Waals surface area contributed by atoms with Gasteiger partial charge in [0, 0.05) is 45.7 Å². The van der Waals surface area contributed by atoms with Gasteiger partial charge in [0.15, 0.2) is 5.96 Å². The summed E-state index contributed by atoms with van der Waals surface area (Å²) in [6, 6.07) is 0. The van der Waals surface area contributed by atoms with Crippen LogP contribution in [0.2, 0.25) is 0 Å². The van der Waals surface area contributed by atoms with E-state index in [4.69, 9.17) is 4.74 Å². The van der Waals surface area contributed by atoms with Gasteiger partial charge in [0.1, 0.15) is 0 Å². The average molecular weight is 381 g/mol. The van der Waals surface area contributed by atoms with Crippen LogP contribution in [0.25, 0.3) is 0 Å². The fourth-order valence-corrected chi connectivity index (χ4v) is 1.48. The van der Waals surface area contributed by atoms with Crippen LogP contribution >= 0.6 is 24.0 Å². The van der Waals surface area contributed by atoms with E-state index in [1.165, 1.54) is 0 Å². The van der Waals surface area contributed by atoms with Crippen LogP contribution in [-0.2, 0) is 11.3 Å². The first-order valence-corrected chi connectivity index (χ1v) is 6.33. The number of halogens is 1. The van der Waals surface area contributed by atoms with E-state index >= 15 is 0 Å². The van der Waals surface area contributed by atoms with E-state index in [0.717, 1.165) is 38.6 Å². The van der Waals surface area contributed by atoms with Gasteiger partial charge in [0.2, 0.25) is 0 Å². The lowest BCUT2D eigenvalue weighted by Crippen LogP contribution is -2.39. The Morgan fingerprint density at radius 1 is 1.42 bits per heavy atom. The predicted molar refractivity (Wildman–Crippen MR) is 88.1 cm³/mol. The second kappa shape index (κ2) is 12.2. The Labute approximate surface area is 132 Å². The maximum absolute atomic E-state index is 4.99. The zero-order valence-electron chi connectivity index (χ0n) is 11.6. The van der Waals surface area contributed by atoms with E-state index in [1.807, 2.05) is 12.5 Å². The molecule has 1 rings (SSSR count). The molecule has 0 amide bonds. The molecule has 0 spiro atoms. The molecule has 7 heteroatoms. The van der Waals surface area contributed by atoms with Crippen molar-refractivity contribution in [1.82, 2.24) is 20.2 Å². The number of hydrogen-bond donors (Lipinski definition) is 2. The molecule has 0 saturated carbocycles. The van der Waals surface area contributed by atoms with Crippen molar-refractivity contribution in [2.45, 2.75) is 19.9 Å². The van der Waals surface area contributed by atoms with Crippen LogP contribution < -0.4 is 10.6 Å². The van der Waals surface area contributed by atoms with Crippen molar-refractivity contribution in [2.75, 3.05) is 33.4 Å². The van der Waals surface area contributed by atoms with Gasteiger partial charge in [-0.05, 0) is 13.3 Å². The number of hydrogen-bond acceptors (Lipinski definition) is 3. The monoisotopic (exact) mass is 381 g/mol. The number of rotatable bonds is 8. The van der Waals surface area contributed by atoms with Crippen molar-refractivity contribution < 1.29 is 4.74 Å². The van der Waals surface area contributed by atoms with Crippen molar-refractivity contribution >= 4 is 29.9 Å². The Bertz CT molecular complexity index is 329. The lowest BCUT2D eigenvalue weighted by atomic mass is 10.4. The van der Waals surface area contributed by atoms with E-state index in [0.29, 0.717) is 6.61 Å². The van der Waals surface area contributed by atoms with Gasteiger partial charge >= 0.3 is 0 Å². The second-order valence-electron chi connectivity index (χ2n) is 3.83. The highest BCUT2D eigenvalue weighted by Crippen LogP contribution is 1.91. The van der Waals surface area contributed by atoms with Crippen LogP contribution in [0.5, 0.6) is 0 Å². The lowest BCUT2D eigenvalue weighted by molar-refractivity contribution is 0.203. The first-order chi connectivity index (χ1) is 8.86. The molecule has 110 valence electrons. The highest BCUT2D eigenvalue weighted by molar-refractivity contribution is 14.0. The summed E-state index contributed by atoms with van der Waals surface area (Å²) < 4.78 is 7.05. The van der Waals surface area contributed by atoms with Crippen molar-refractivity contribution in [3.05, 3.63) is 18.7 Å². The number of nitrogens with zero attached hydrogens (tertiary/aromatic N) is 3. The van der Waals surface area contributed by atoms with Crippen LogP contribution in [-0.4, -0.2) is 48.9 Å². The molecule has 0 aliphatic rings. The third-order valence-electron chi connectivity index (χ3n) is 2.35. The summed E-state index contributed by atoms with van der Waals surface area (Å²) in [5.74, 6) is 0.847. The van der Waals surface area contributed by atoms with Gasteiger partial charge in [-0.1, -0.05) is 0 Å². The molecular weight excluding hydrogens is 357 g/mol. The molecule has 0 aromatic carbocycles. The minimum Gasteiger partial charge on any atom is -0.383 e. The second-order valence-corrected chi connectivity index (χ2v) is 3.83. The standard InChI is InChI=1S/C12H23N5O.HI/c1-3-14-12(16-7-10-18-2)15-5-4-8-17-9-6-13-11-17;/h6,9,11H,3-5,7-8,10H2,1-2H3,(H2,14,15,16);1H. The number of aryl methyl sites for hydroxylation is 1. The van der Waals surface area contributed by atoms with E-state index in [9.17, 15) is 0 Å². The fourth-order valence-electron chi connectivity index (χ4n) is 1.48. The summed E-state index contributed by atoms with van der Waals surface area (Å²) in [5.41, 5.74) is 0. The van der Waals surface area contributed by atoms with E-state index in [2.05, 4.69) is 32.1 Å². The van der Waals surface area contributed by atoms with Gasteiger partial charge in [-0.15, -0.1) is 24.0 Å². The van der Waals surface area contributed by atoms with Crippen LogP contribution in [0.1, 0.15) is 13.3 Å². The van der Waals surface area contributed by atoms with E-state index < -0.39 is 0 Å². The molecular formula is C12H24IN5O. The SMILES string of the molecule is CCNC(=NCCCn1ccnc1)NCCOC.I. The minimum absolute atomic E-state index is 0. The topological polar surface area (TPSA) is 63.5 Å². The number of imidazole rings is 1. The van der Waals surface area contributed by atoms with Crippen molar-refractivity contribution in [1.29, 1.82) is 0 Å². The number of aromatic nitrogens is 2. The Morgan fingerprint density at radius 3 is 2.89 bits per heavy atom. The zero-order chi connectivity index (χ0) is 13.1. The molecule has 2 N–H and O–H groups in total. The molecule has 0 saturated heterocycles. The van der Waals surface area contributed by atoms with Gasteiger partial charge < -0.3 is 19.9 Å². The third-order valence-corrected chi connectivity index (χ3v) is 2.35. The van der Waals surface area contributed by atoms with Crippen LogP contribution in [0.3, 0.4) is 0 Å². The molecule has 1 aromatic heterocycles. The fraction of sp³-hybridized carbons (Fsp3) is 0.667. The highest BCUT2D eigenvalue weighted by Gasteiger charge is 1.95. The zero-order valence-corrected chi connectivity index (χ0v) is 14.0. The number of methoxy groups -OCH3 is 1. The maximum Gasteiger partial charge on any atom is 0.191 e. The Kier molecular flexibility index (Phi) is 11.7. The minimum atomic E-state index is 0. The molecule has 0 unspecified atom stereocenters. The number of aliphatic imine (C=N–C) groups is 1. The van der Waals surface area contributed by atoms with Crippen molar-refractivity contribution in [3.63, 3.8) is 0 Å². The van der Waals surface area contributed by atoms with Gasteiger partial charge in [-0.3, -0.25) is 4.99 Å². The molecule has 0 aliphatic carbocycles. The molecule has 1 heterocycles. The van der Waals surface area contributed by atoms with Gasteiger partial charge in [0.25, 0.3) is 0 Å². The summed E-state index contributed by atoms with van der Waals surface area (Å²) >= 11 is 0. The quantitative estimate of drug-likeness (QED) is 0.306. The van der Waals surface area contributed by atoms with Crippen LogP contribution in [0, 0.1) is 0 Å². The molecule has 6 nitrogen and oxygen atoms in total. The summed E-state index contributed by atoms with van der Waals surface area (Å²) in [4.78, 5) is 8.49. The number of ether oxygens (including phenoxy) is 1. The van der Waals surface area contributed by atoms with Crippen LogP contribution in [0.4, 0.5) is 0 Å². The summed E-state index contributed by atoms with van der Waals surface area (Å²) in [6.45, 7) is 6.10. The molecule has 0 atom stereocenters. The Balaban J connectivity index is 0.00000324. The highest BCUT2D eigenvalue weighted by atomic mass is 127. The molecule has 0 radical (unpaired) electrons. The van der Waals surface area contributed by atoms with Crippen molar-refractivity contribution in [2.24, 2.45) is 4.99 Å². The first kappa shape index (κ1) is 18.2. The largest absolute Gasteiger partial charge is 0.383 e. The predicted octanol–water partition coefficient (Wildman–Crippen LogP) is 1.09. The number of guanidine groups is 1. The maximum atomic E-state index is 4.99. The molecule has 0 aliphatic heterocycles. The molecule has 1 aromatic rings. The molecule has 0 bridgehead atoms. The smallest absolute Gasteiger partial charge is 0.191 e. The van der Waals surface area contributed by atoms with E-state index in [-0.39, 0.29) is 24.0 Å². The summed E-state index contributed by atoms with van der Waals surface area (Å²) in [6.07, 6.45) is 6.58. The molecule has 19 heavy (non-hydrogen) atoms. The first-order valence-electron chi connectivity index (χ1n) is 6.33. The van der Waals surface area contributed by atoms with Gasteiger partial charge in [0.05, 0.1) is 12.9 Å².